The third-order valence-electron chi connectivity index (χ3n) is 3.57. The number of benzene rings is 1. The summed E-state index contributed by atoms with van der Waals surface area (Å²) in [5.41, 5.74) is 0.934. The van der Waals surface area contributed by atoms with Crippen LogP contribution in [-0.2, 0) is 9.53 Å². The average Bonchev–Trinajstić information content (AvgIpc) is 2.58. The fourth-order valence-electron chi connectivity index (χ4n) is 2.45. The standard InChI is InChI=1S/C16H19N3O5S/c1-3-25-8-7-24-15(20)13-10(2)17-16(21)18-14(13)11-5-4-6-12(9-11)19(22)23/h4-6,9,14H,3,7-8H2,1-2H3,(H2,17,18,21)/t14-/m1/s1. The van der Waals surface area contributed by atoms with Crippen LogP contribution in [0.5, 0.6) is 0 Å². The smallest absolute Gasteiger partial charge is 0.338 e. The van der Waals surface area contributed by atoms with Gasteiger partial charge in [-0.15, -0.1) is 0 Å². The maximum Gasteiger partial charge on any atom is 0.338 e. The van der Waals surface area contributed by atoms with E-state index in [4.69, 9.17) is 4.74 Å². The van der Waals surface area contributed by atoms with Crippen LogP contribution < -0.4 is 10.6 Å². The molecule has 0 aliphatic carbocycles. The topological polar surface area (TPSA) is 111 Å². The number of nitro groups is 1. The highest BCUT2D eigenvalue weighted by Gasteiger charge is 2.32. The molecule has 0 unspecified atom stereocenters. The Morgan fingerprint density at radius 1 is 1.44 bits per heavy atom. The van der Waals surface area contributed by atoms with E-state index in [1.807, 2.05) is 6.92 Å². The van der Waals surface area contributed by atoms with Crippen molar-refractivity contribution >= 4 is 29.4 Å². The lowest BCUT2D eigenvalue weighted by Crippen LogP contribution is -2.45. The molecule has 0 spiro atoms. The molecule has 25 heavy (non-hydrogen) atoms. The van der Waals surface area contributed by atoms with Gasteiger partial charge in [-0.2, -0.15) is 11.8 Å². The quantitative estimate of drug-likeness (QED) is 0.332. The molecule has 1 aliphatic rings. The summed E-state index contributed by atoms with van der Waals surface area (Å²) in [6, 6.07) is 4.54. The van der Waals surface area contributed by atoms with Crippen LogP contribution in [0.1, 0.15) is 25.5 Å². The van der Waals surface area contributed by atoms with Gasteiger partial charge in [-0.05, 0) is 18.2 Å². The van der Waals surface area contributed by atoms with Gasteiger partial charge in [0, 0.05) is 23.6 Å². The van der Waals surface area contributed by atoms with Crippen molar-refractivity contribution in [3.63, 3.8) is 0 Å². The Kier molecular flexibility index (Phi) is 6.40. The summed E-state index contributed by atoms with van der Waals surface area (Å²) in [6.07, 6.45) is 0. The number of nitro benzene ring substituents is 1. The van der Waals surface area contributed by atoms with Crippen LogP contribution in [0.25, 0.3) is 0 Å². The van der Waals surface area contributed by atoms with E-state index < -0.39 is 23.0 Å². The van der Waals surface area contributed by atoms with E-state index in [1.165, 1.54) is 18.2 Å². The van der Waals surface area contributed by atoms with Crippen molar-refractivity contribution in [2.24, 2.45) is 0 Å². The summed E-state index contributed by atoms with van der Waals surface area (Å²) in [4.78, 5) is 34.7. The normalized spacial score (nSPS) is 16.9. The minimum absolute atomic E-state index is 0.116. The minimum atomic E-state index is -0.806. The van der Waals surface area contributed by atoms with E-state index in [1.54, 1.807) is 24.8 Å². The van der Waals surface area contributed by atoms with Gasteiger partial charge in [0.2, 0.25) is 0 Å². The zero-order chi connectivity index (χ0) is 18.4. The number of hydrogen-bond donors (Lipinski definition) is 2. The Bertz CT molecular complexity index is 719. The van der Waals surface area contributed by atoms with Gasteiger partial charge in [-0.1, -0.05) is 19.1 Å². The first-order valence-electron chi connectivity index (χ1n) is 7.71. The van der Waals surface area contributed by atoms with Gasteiger partial charge in [0.25, 0.3) is 5.69 Å². The number of carbonyl (C=O) groups excluding carboxylic acids is 2. The maximum atomic E-state index is 12.5. The average molecular weight is 365 g/mol. The number of esters is 1. The Labute approximate surface area is 149 Å². The number of nitrogens with one attached hydrogen (secondary N) is 2. The summed E-state index contributed by atoms with van der Waals surface area (Å²) in [5.74, 6) is 1.04. The largest absolute Gasteiger partial charge is 0.461 e. The number of rotatable bonds is 7. The summed E-state index contributed by atoms with van der Waals surface area (Å²) < 4.78 is 5.28. The molecule has 8 nitrogen and oxygen atoms in total. The van der Waals surface area contributed by atoms with Gasteiger partial charge in [0.15, 0.2) is 0 Å². The lowest BCUT2D eigenvalue weighted by atomic mass is 9.95. The lowest BCUT2D eigenvalue weighted by Gasteiger charge is -2.28. The molecule has 2 amide bonds. The number of nitrogens with zero attached hydrogens (tertiary/aromatic N) is 1. The molecule has 1 aromatic rings. The fraction of sp³-hybridized carbons (Fsp3) is 0.375. The molecule has 0 saturated heterocycles. The second-order valence-corrected chi connectivity index (χ2v) is 6.65. The number of hydrogen-bond acceptors (Lipinski definition) is 6. The molecular weight excluding hydrogens is 346 g/mol. The van der Waals surface area contributed by atoms with Crippen molar-refractivity contribution < 1.29 is 19.2 Å². The fourth-order valence-corrected chi connectivity index (χ4v) is 2.94. The SMILES string of the molecule is CCSCCOC(=O)C1=C(C)NC(=O)N[C@@H]1c1cccc([N+](=O)[O-])c1. The van der Waals surface area contributed by atoms with Crippen LogP contribution in [-0.4, -0.2) is 35.0 Å². The molecule has 1 heterocycles. The van der Waals surface area contributed by atoms with Gasteiger partial charge in [0.1, 0.15) is 6.61 Å². The number of ether oxygens (including phenoxy) is 1. The number of non-ortho nitro benzene ring substituents is 1. The highest BCUT2D eigenvalue weighted by Crippen LogP contribution is 2.29. The first-order chi connectivity index (χ1) is 11.9. The van der Waals surface area contributed by atoms with E-state index in [0.29, 0.717) is 17.0 Å². The highest BCUT2D eigenvalue weighted by atomic mass is 32.2. The summed E-state index contributed by atoms with van der Waals surface area (Å²) in [7, 11) is 0. The molecule has 1 atom stereocenters. The lowest BCUT2D eigenvalue weighted by molar-refractivity contribution is -0.384. The Balaban J connectivity index is 2.29. The maximum absolute atomic E-state index is 12.5. The van der Waals surface area contributed by atoms with Crippen molar-refractivity contribution in [2.75, 3.05) is 18.1 Å². The monoisotopic (exact) mass is 365 g/mol. The molecule has 1 aromatic carbocycles. The zero-order valence-corrected chi connectivity index (χ0v) is 14.7. The van der Waals surface area contributed by atoms with E-state index in [0.717, 1.165) is 5.75 Å². The molecule has 0 bridgehead atoms. The Hall–Kier alpha value is -2.55. The van der Waals surface area contributed by atoms with Crippen LogP contribution >= 0.6 is 11.8 Å². The van der Waals surface area contributed by atoms with Crippen molar-refractivity contribution in [3.05, 3.63) is 51.2 Å². The van der Waals surface area contributed by atoms with Crippen LogP contribution in [0.4, 0.5) is 10.5 Å². The third kappa shape index (κ3) is 4.72. The number of urea groups is 1. The molecule has 134 valence electrons. The number of thioether (sulfide) groups is 1. The van der Waals surface area contributed by atoms with E-state index in [-0.39, 0.29) is 17.9 Å². The molecule has 0 radical (unpaired) electrons. The van der Waals surface area contributed by atoms with Crippen LogP contribution in [0, 0.1) is 10.1 Å². The zero-order valence-electron chi connectivity index (χ0n) is 13.9. The Morgan fingerprint density at radius 2 is 2.20 bits per heavy atom. The highest BCUT2D eigenvalue weighted by molar-refractivity contribution is 7.99. The minimum Gasteiger partial charge on any atom is -0.461 e. The number of carbonyl (C=O) groups is 2. The molecule has 0 saturated carbocycles. The Morgan fingerprint density at radius 3 is 2.88 bits per heavy atom. The molecule has 9 heteroatoms. The van der Waals surface area contributed by atoms with Crippen LogP contribution in [0.15, 0.2) is 35.5 Å². The van der Waals surface area contributed by atoms with Gasteiger partial charge >= 0.3 is 12.0 Å². The second kappa shape index (κ2) is 8.52. The van der Waals surface area contributed by atoms with Crippen molar-refractivity contribution in [1.82, 2.24) is 10.6 Å². The molecule has 0 fully saturated rings. The first kappa shape index (κ1) is 18.8. The predicted molar refractivity (Wildman–Crippen MR) is 94.2 cm³/mol. The third-order valence-corrected chi connectivity index (χ3v) is 4.43. The molecule has 2 rings (SSSR count). The van der Waals surface area contributed by atoms with Gasteiger partial charge in [-0.3, -0.25) is 10.1 Å². The first-order valence-corrected chi connectivity index (χ1v) is 8.87. The summed E-state index contributed by atoms with van der Waals surface area (Å²) >= 11 is 1.65. The summed E-state index contributed by atoms with van der Waals surface area (Å²) in [5, 5.41) is 16.1. The van der Waals surface area contributed by atoms with Crippen LogP contribution in [0.3, 0.4) is 0 Å². The van der Waals surface area contributed by atoms with Crippen LogP contribution in [0.2, 0.25) is 0 Å². The van der Waals surface area contributed by atoms with E-state index >= 15 is 0 Å². The van der Waals surface area contributed by atoms with Gasteiger partial charge in [-0.25, -0.2) is 9.59 Å². The van der Waals surface area contributed by atoms with E-state index in [9.17, 15) is 19.7 Å². The predicted octanol–water partition coefficient (Wildman–Crippen LogP) is 2.52. The molecule has 0 aromatic heterocycles. The second-order valence-electron chi connectivity index (χ2n) is 5.26. The van der Waals surface area contributed by atoms with Crippen molar-refractivity contribution in [3.8, 4) is 0 Å². The number of amides is 2. The number of allylic oxidation sites excluding steroid dienone is 1. The molecule has 1 aliphatic heterocycles. The van der Waals surface area contributed by atoms with Gasteiger partial charge < -0.3 is 15.4 Å². The van der Waals surface area contributed by atoms with E-state index in [2.05, 4.69) is 10.6 Å². The van der Waals surface area contributed by atoms with Gasteiger partial charge in [0.05, 0.1) is 16.5 Å². The molecular formula is C16H19N3O5S. The van der Waals surface area contributed by atoms with Crippen molar-refractivity contribution in [2.45, 2.75) is 19.9 Å². The van der Waals surface area contributed by atoms with Crippen molar-refractivity contribution in [1.29, 1.82) is 0 Å². The molecule has 2 N–H and O–H groups in total. The summed E-state index contributed by atoms with van der Waals surface area (Å²) in [6.45, 7) is 3.86.